The fourth-order valence-electron chi connectivity index (χ4n) is 2.38. The highest BCUT2D eigenvalue weighted by molar-refractivity contribution is 9.10. The second kappa shape index (κ2) is 4.90. The number of aromatic nitrogens is 1. The Morgan fingerprint density at radius 1 is 1.17 bits per heavy atom. The van der Waals surface area contributed by atoms with E-state index in [1.54, 1.807) is 12.3 Å². The van der Waals surface area contributed by atoms with Crippen molar-refractivity contribution in [1.82, 2.24) is 4.98 Å². The van der Waals surface area contributed by atoms with Gasteiger partial charge < -0.3 is 5.32 Å². The van der Waals surface area contributed by atoms with Gasteiger partial charge in [-0.1, -0.05) is 33.6 Å². The lowest BCUT2D eigenvalue weighted by molar-refractivity contribution is 0.769. The zero-order chi connectivity index (χ0) is 12.5. The zero-order valence-corrected chi connectivity index (χ0v) is 12.0. The molecule has 0 bridgehead atoms. The molecule has 1 aliphatic rings. The van der Waals surface area contributed by atoms with Gasteiger partial charge in [-0.3, -0.25) is 0 Å². The molecule has 1 N–H and O–H groups in total. The predicted octanol–water partition coefficient (Wildman–Crippen LogP) is 4.08. The summed E-state index contributed by atoms with van der Waals surface area (Å²) in [7, 11) is 0. The summed E-state index contributed by atoms with van der Waals surface area (Å²) in [4.78, 5) is 4.28. The van der Waals surface area contributed by atoms with Crippen LogP contribution in [0.2, 0.25) is 5.02 Å². The van der Waals surface area contributed by atoms with E-state index in [0.29, 0.717) is 11.1 Å². The minimum atomic E-state index is 0.403. The summed E-state index contributed by atoms with van der Waals surface area (Å²) in [5, 5.41) is 4.15. The van der Waals surface area contributed by atoms with Gasteiger partial charge in [0.1, 0.15) is 5.82 Å². The Morgan fingerprint density at radius 3 is 2.83 bits per heavy atom. The molecule has 0 radical (unpaired) electrons. The Balaban J connectivity index is 1.74. The first-order valence-corrected chi connectivity index (χ1v) is 7.03. The van der Waals surface area contributed by atoms with E-state index in [-0.39, 0.29) is 0 Å². The van der Waals surface area contributed by atoms with Crippen LogP contribution in [-0.2, 0) is 12.8 Å². The number of halogens is 2. The lowest BCUT2D eigenvalue weighted by Crippen LogP contribution is -2.20. The van der Waals surface area contributed by atoms with E-state index in [4.69, 9.17) is 11.6 Å². The fourth-order valence-corrected chi connectivity index (χ4v) is 2.95. The van der Waals surface area contributed by atoms with Crippen molar-refractivity contribution >= 4 is 33.3 Å². The van der Waals surface area contributed by atoms with Gasteiger partial charge in [-0.25, -0.2) is 4.98 Å². The number of benzene rings is 1. The van der Waals surface area contributed by atoms with Gasteiger partial charge in [0, 0.05) is 21.7 Å². The number of hydrogen-bond acceptors (Lipinski definition) is 2. The molecule has 1 aliphatic carbocycles. The lowest BCUT2D eigenvalue weighted by atomic mass is 10.1. The molecule has 1 aromatic heterocycles. The van der Waals surface area contributed by atoms with Crippen molar-refractivity contribution in [2.45, 2.75) is 18.9 Å². The molecule has 0 aliphatic heterocycles. The quantitative estimate of drug-likeness (QED) is 0.901. The van der Waals surface area contributed by atoms with Gasteiger partial charge >= 0.3 is 0 Å². The Labute approximate surface area is 120 Å². The molecule has 2 aromatic rings. The van der Waals surface area contributed by atoms with Crippen molar-refractivity contribution < 1.29 is 0 Å². The number of nitrogens with zero attached hydrogens (tertiary/aromatic N) is 1. The minimum Gasteiger partial charge on any atom is -0.367 e. The number of rotatable bonds is 2. The van der Waals surface area contributed by atoms with Crippen LogP contribution in [0.4, 0.5) is 5.82 Å². The summed E-state index contributed by atoms with van der Waals surface area (Å²) >= 11 is 9.47. The largest absolute Gasteiger partial charge is 0.367 e. The summed E-state index contributed by atoms with van der Waals surface area (Å²) in [6.45, 7) is 0. The van der Waals surface area contributed by atoms with Gasteiger partial charge in [0.25, 0.3) is 0 Å². The third kappa shape index (κ3) is 2.52. The molecular formula is C14H12BrClN2. The molecule has 3 rings (SSSR count). The topological polar surface area (TPSA) is 24.9 Å². The summed E-state index contributed by atoms with van der Waals surface area (Å²) in [6.07, 6.45) is 3.79. The molecule has 2 nitrogen and oxygen atoms in total. The van der Waals surface area contributed by atoms with Gasteiger partial charge in [-0.15, -0.1) is 0 Å². The number of fused-ring (bicyclic) bond motifs is 1. The number of nitrogens with one attached hydrogen (secondary N) is 1. The average Bonchev–Trinajstić information content (AvgIpc) is 2.70. The first kappa shape index (κ1) is 12.0. The van der Waals surface area contributed by atoms with Crippen molar-refractivity contribution in [3.8, 4) is 0 Å². The Bertz CT molecular complexity index is 586. The molecule has 0 saturated carbocycles. The first-order valence-electron chi connectivity index (χ1n) is 5.86. The summed E-state index contributed by atoms with van der Waals surface area (Å²) in [5.74, 6) is 0.847. The van der Waals surface area contributed by atoms with E-state index >= 15 is 0 Å². The van der Waals surface area contributed by atoms with Gasteiger partial charge in [0.05, 0.1) is 0 Å². The maximum absolute atomic E-state index is 5.95. The molecular weight excluding hydrogens is 312 g/mol. The van der Waals surface area contributed by atoms with Gasteiger partial charge in [0.2, 0.25) is 0 Å². The average molecular weight is 324 g/mol. The van der Waals surface area contributed by atoms with Crippen molar-refractivity contribution in [3.05, 3.63) is 57.2 Å². The summed E-state index contributed by atoms with van der Waals surface area (Å²) in [6, 6.07) is 10.5. The van der Waals surface area contributed by atoms with Crippen LogP contribution in [0.5, 0.6) is 0 Å². The highest BCUT2D eigenvalue weighted by Gasteiger charge is 2.21. The van der Waals surface area contributed by atoms with Crippen molar-refractivity contribution in [2.75, 3.05) is 5.32 Å². The van der Waals surface area contributed by atoms with Crippen LogP contribution in [-0.4, -0.2) is 11.0 Å². The summed E-state index contributed by atoms with van der Waals surface area (Å²) < 4.78 is 1.14. The third-order valence-corrected chi connectivity index (χ3v) is 3.90. The van der Waals surface area contributed by atoms with E-state index in [1.807, 2.05) is 6.07 Å². The van der Waals surface area contributed by atoms with Crippen LogP contribution >= 0.6 is 27.5 Å². The monoisotopic (exact) mass is 322 g/mol. The van der Waals surface area contributed by atoms with Crippen LogP contribution in [0.1, 0.15) is 11.1 Å². The molecule has 1 unspecified atom stereocenters. The molecule has 18 heavy (non-hydrogen) atoms. The van der Waals surface area contributed by atoms with E-state index in [0.717, 1.165) is 23.1 Å². The fraction of sp³-hybridized carbons (Fsp3) is 0.214. The van der Waals surface area contributed by atoms with Crippen LogP contribution in [0, 0.1) is 0 Å². The summed E-state index contributed by atoms with van der Waals surface area (Å²) in [5.41, 5.74) is 2.82. The SMILES string of the molecule is Clc1ccnc(NC2Cc3ccc(Br)cc3C2)c1. The molecule has 1 heterocycles. The predicted molar refractivity (Wildman–Crippen MR) is 78.2 cm³/mol. The maximum Gasteiger partial charge on any atom is 0.127 e. The zero-order valence-electron chi connectivity index (χ0n) is 9.66. The van der Waals surface area contributed by atoms with Crippen LogP contribution in [0.25, 0.3) is 0 Å². The number of anilines is 1. The van der Waals surface area contributed by atoms with Crippen LogP contribution in [0.15, 0.2) is 41.0 Å². The molecule has 4 heteroatoms. The van der Waals surface area contributed by atoms with E-state index in [2.05, 4.69) is 44.4 Å². The second-order valence-electron chi connectivity index (χ2n) is 4.52. The van der Waals surface area contributed by atoms with Gasteiger partial charge in [0.15, 0.2) is 0 Å². The molecule has 92 valence electrons. The van der Waals surface area contributed by atoms with E-state index in [1.165, 1.54) is 11.1 Å². The highest BCUT2D eigenvalue weighted by atomic mass is 79.9. The molecule has 1 aromatic carbocycles. The molecule has 1 atom stereocenters. The first-order chi connectivity index (χ1) is 8.70. The Hall–Kier alpha value is -1.06. The Morgan fingerprint density at radius 2 is 2.00 bits per heavy atom. The standard InChI is InChI=1S/C14H12BrClN2/c15-11-2-1-9-6-13(7-10(9)5-11)18-14-8-12(16)3-4-17-14/h1-5,8,13H,6-7H2,(H,17,18). The molecule has 0 fully saturated rings. The Kier molecular flexibility index (Phi) is 3.27. The normalized spacial score (nSPS) is 17.6. The minimum absolute atomic E-state index is 0.403. The van der Waals surface area contributed by atoms with Crippen molar-refractivity contribution in [2.24, 2.45) is 0 Å². The van der Waals surface area contributed by atoms with E-state index in [9.17, 15) is 0 Å². The van der Waals surface area contributed by atoms with Crippen LogP contribution < -0.4 is 5.32 Å². The number of hydrogen-bond donors (Lipinski definition) is 1. The van der Waals surface area contributed by atoms with Crippen molar-refractivity contribution in [1.29, 1.82) is 0 Å². The molecule has 0 saturated heterocycles. The third-order valence-electron chi connectivity index (χ3n) is 3.17. The van der Waals surface area contributed by atoms with Crippen molar-refractivity contribution in [3.63, 3.8) is 0 Å². The van der Waals surface area contributed by atoms with Gasteiger partial charge in [-0.05, 0) is 48.2 Å². The van der Waals surface area contributed by atoms with E-state index < -0.39 is 0 Å². The second-order valence-corrected chi connectivity index (χ2v) is 5.87. The smallest absolute Gasteiger partial charge is 0.127 e. The number of pyridine rings is 1. The van der Waals surface area contributed by atoms with Gasteiger partial charge in [-0.2, -0.15) is 0 Å². The maximum atomic E-state index is 5.95. The lowest BCUT2D eigenvalue weighted by Gasteiger charge is -2.12. The highest BCUT2D eigenvalue weighted by Crippen LogP contribution is 2.27. The molecule has 0 amide bonds. The molecule has 0 spiro atoms. The van der Waals surface area contributed by atoms with Crippen LogP contribution in [0.3, 0.4) is 0 Å².